The Morgan fingerprint density at radius 3 is 2.64 bits per heavy atom. The van der Waals surface area contributed by atoms with Crippen LogP contribution < -0.4 is 4.90 Å². The van der Waals surface area contributed by atoms with Crippen LogP contribution in [0.1, 0.15) is 6.23 Å². The Morgan fingerprint density at radius 1 is 1.28 bits per heavy atom. The van der Waals surface area contributed by atoms with Crippen LogP contribution in [0.5, 0.6) is 0 Å². The van der Waals surface area contributed by atoms with Crippen LogP contribution in [0, 0.1) is 0 Å². The van der Waals surface area contributed by atoms with Crippen LogP contribution in [0.4, 0.5) is 5.82 Å². The van der Waals surface area contributed by atoms with Gasteiger partial charge in [-0.2, -0.15) is 0 Å². The van der Waals surface area contributed by atoms with Crippen molar-refractivity contribution in [2.24, 2.45) is 0 Å². The Kier molecular flexibility index (Phi) is 4.77. The Balaban J connectivity index is 1.88. The van der Waals surface area contributed by atoms with E-state index in [0.29, 0.717) is 17.0 Å². The highest BCUT2D eigenvalue weighted by Gasteiger charge is 2.45. The number of hydrogen-bond acceptors (Lipinski definition) is 9. The predicted molar refractivity (Wildman–Crippen MR) is 83.6 cm³/mol. The molecule has 0 amide bonds. The van der Waals surface area contributed by atoms with Gasteiger partial charge in [-0.25, -0.2) is 19.5 Å². The molecule has 138 valence electrons. The van der Waals surface area contributed by atoms with Gasteiger partial charge in [0.15, 0.2) is 23.2 Å². The maximum atomic E-state index is 10.8. The summed E-state index contributed by atoms with van der Waals surface area (Å²) in [7, 11) is -1.13. The van der Waals surface area contributed by atoms with Crippen molar-refractivity contribution in [2.75, 3.05) is 25.6 Å². The zero-order chi connectivity index (χ0) is 18.4. The monoisotopic (exact) mass is 375 g/mol. The SMILES string of the molecule is CN(C)c1ncnc2c1ncn2C1OC(COP(=O)(O)O)C(O)C1O. The van der Waals surface area contributed by atoms with E-state index in [-0.39, 0.29) is 0 Å². The summed E-state index contributed by atoms with van der Waals surface area (Å²) in [6.45, 7) is -0.580. The lowest BCUT2D eigenvalue weighted by Crippen LogP contribution is -2.33. The third-order valence-electron chi connectivity index (χ3n) is 3.78. The summed E-state index contributed by atoms with van der Waals surface area (Å²) in [4.78, 5) is 31.7. The Morgan fingerprint density at radius 2 is 2.00 bits per heavy atom. The van der Waals surface area contributed by atoms with Crippen molar-refractivity contribution in [3.63, 3.8) is 0 Å². The molecule has 1 fully saturated rings. The lowest BCUT2D eigenvalue weighted by atomic mass is 10.1. The van der Waals surface area contributed by atoms with E-state index in [1.165, 1.54) is 17.2 Å². The molecule has 1 aliphatic heterocycles. The second-order valence-electron chi connectivity index (χ2n) is 5.75. The van der Waals surface area contributed by atoms with Gasteiger partial charge in [-0.15, -0.1) is 0 Å². The number of hydrogen-bond donors (Lipinski definition) is 4. The largest absolute Gasteiger partial charge is 0.469 e. The normalized spacial score (nSPS) is 27.1. The highest BCUT2D eigenvalue weighted by Crippen LogP contribution is 2.38. The van der Waals surface area contributed by atoms with Gasteiger partial charge in [0.1, 0.15) is 24.6 Å². The van der Waals surface area contributed by atoms with Crippen molar-refractivity contribution in [1.29, 1.82) is 0 Å². The van der Waals surface area contributed by atoms with E-state index in [4.69, 9.17) is 14.5 Å². The van der Waals surface area contributed by atoms with Gasteiger partial charge in [-0.3, -0.25) is 9.09 Å². The number of aliphatic hydroxyl groups excluding tert-OH is 2. The minimum atomic E-state index is -4.72. The minimum Gasteiger partial charge on any atom is -0.387 e. The molecule has 0 saturated carbocycles. The third-order valence-corrected chi connectivity index (χ3v) is 4.27. The molecule has 25 heavy (non-hydrogen) atoms. The fraction of sp³-hybridized carbons (Fsp3) is 0.583. The van der Waals surface area contributed by atoms with E-state index in [2.05, 4.69) is 19.5 Å². The summed E-state index contributed by atoms with van der Waals surface area (Å²) < 4.78 is 22.1. The van der Waals surface area contributed by atoms with Crippen molar-refractivity contribution < 1.29 is 33.8 Å². The van der Waals surface area contributed by atoms with Crippen LogP contribution in [0.15, 0.2) is 12.7 Å². The number of ether oxygens (including phenoxy) is 1. The molecule has 0 bridgehead atoms. The van der Waals surface area contributed by atoms with Crippen LogP contribution in [-0.2, 0) is 13.8 Å². The molecule has 0 aliphatic carbocycles. The van der Waals surface area contributed by atoms with Crippen LogP contribution >= 0.6 is 7.82 Å². The molecule has 13 heteroatoms. The summed E-state index contributed by atoms with van der Waals surface area (Å²) in [5.41, 5.74) is 0.860. The van der Waals surface area contributed by atoms with Crippen LogP contribution in [-0.4, -0.2) is 78.5 Å². The van der Waals surface area contributed by atoms with Crippen molar-refractivity contribution in [3.8, 4) is 0 Å². The molecule has 3 rings (SSSR count). The Hall–Kier alpha value is -1.66. The Bertz CT molecular complexity index is 808. The summed E-state index contributed by atoms with van der Waals surface area (Å²) in [5, 5.41) is 20.3. The number of anilines is 1. The molecule has 0 aromatic carbocycles. The first-order valence-electron chi connectivity index (χ1n) is 7.25. The van der Waals surface area contributed by atoms with Gasteiger partial charge in [0, 0.05) is 14.1 Å². The Labute approximate surface area is 141 Å². The van der Waals surface area contributed by atoms with Gasteiger partial charge in [0.05, 0.1) is 12.9 Å². The van der Waals surface area contributed by atoms with Gasteiger partial charge < -0.3 is 29.6 Å². The molecule has 1 saturated heterocycles. The van der Waals surface area contributed by atoms with Crippen LogP contribution in [0.3, 0.4) is 0 Å². The van der Waals surface area contributed by atoms with E-state index < -0.39 is 39.0 Å². The lowest BCUT2D eigenvalue weighted by molar-refractivity contribution is -0.0504. The first-order chi connectivity index (χ1) is 11.7. The highest BCUT2D eigenvalue weighted by molar-refractivity contribution is 7.46. The summed E-state index contributed by atoms with van der Waals surface area (Å²) in [6.07, 6.45) is -2.21. The predicted octanol–water partition coefficient (Wildman–Crippen LogP) is -1.38. The number of fused-ring (bicyclic) bond motifs is 1. The summed E-state index contributed by atoms with van der Waals surface area (Å²) in [5.74, 6) is 0.568. The number of imidazole rings is 1. The van der Waals surface area contributed by atoms with E-state index in [9.17, 15) is 14.8 Å². The van der Waals surface area contributed by atoms with Gasteiger partial charge in [0.25, 0.3) is 0 Å². The molecule has 3 heterocycles. The fourth-order valence-corrected chi connectivity index (χ4v) is 2.96. The number of phosphoric acid groups is 1. The molecule has 4 atom stereocenters. The summed E-state index contributed by atoms with van der Waals surface area (Å²) >= 11 is 0. The topological polar surface area (TPSA) is 163 Å². The van der Waals surface area contributed by atoms with Gasteiger partial charge in [0.2, 0.25) is 0 Å². The number of rotatable bonds is 5. The highest BCUT2D eigenvalue weighted by atomic mass is 31.2. The van der Waals surface area contributed by atoms with E-state index in [1.54, 1.807) is 19.0 Å². The number of aromatic nitrogens is 4. The fourth-order valence-electron chi connectivity index (χ4n) is 2.62. The van der Waals surface area contributed by atoms with Crippen molar-refractivity contribution >= 4 is 24.8 Å². The molecule has 1 aliphatic rings. The molecule has 4 unspecified atom stereocenters. The van der Waals surface area contributed by atoms with E-state index in [1.807, 2.05) is 0 Å². The maximum Gasteiger partial charge on any atom is 0.469 e. The zero-order valence-corrected chi connectivity index (χ0v) is 14.3. The molecule has 2 aromatic heterocycles. The number of nitrogens with zero attached hydrogens (tertiary/aromatic N) is 5. The molecular weight excluding hydrogens is 357 g/mol. The third kappa shape index (κ3) is 3.51. The van der Waals surface area contributed by atoms with Crippen LogP contribution in [0.2, 0.25) is 0 Å². The standard InChI is InChI=1S/C12H18N5O7P/c1-16(2)10-7-11(14-4-13-10)17(5-15-7)12-9(19)8(18)6(24-12)3-23-25(20,21)22/h4-6,8-9,12,18-19H,3H2,1-2H3,(H2,20,21,22). The van der Waals surface area contributed by atoms with Crippen molar-refractivity contribution in [1.82, 2.24) is 19.5 Å². The molecular formula is C12H18N5O7P. The van der Waals surface area contributed by atoms with Crippen molar-refractivity contribution in [3.05, 3.63) is 12.7 Å². The molecule has 0 spiro atoms. The second kappa shape index (κ2) is 6.57. The van der Waals surface area contributed by atoms with Crippen molar-refractivity contribution in [2.45, 2.75) is 24.5 Å². The van der Waals surface area contributed by atoms with Gasteiger partial charge >= 0.3 is 7.82 Å². The lowest BCUT2D eigenvalue weighted by Gasteiger charge is -2.17. The average Bonchev–Trinajstić information content (AvgIpc) is 3.07. The second-order valence-corrected chi connectivity index (χ2v) is 6.99. The number of aliphatic hydroxyl groups is 2. The average molecular weight is 375 g/mol. The van der Waals surface area contributed by atoms with E-state index >= 15 is 0 Å². The van der Waals surface area contributed by atoms with Crippen LogP contribution in [0.25, 0.3) is 11.2 Å². The molecule has 2 aromatic rings. The maximum absolute atomic E-state index is 10.8. The first kappa shape index (κ1) is 18.1. The smallest absolute Gasteiger partial charge is 0.387 e. The van der Waals surface area contributed by atoms with E-state index in [0.717, 1.165) is 0 Å². The number of phosphoric ester groups is 1. The zero-order valence-electron chi connectivity index (χ0n) is 13.4. The van der Waals surface area contributed by atoms with Gasteiger partial charge in [-0.1, -0.05) is 0 Å². The summed E-state index contributed by atoms with van der Waals surface area (Å²) in [6, 6.07) is 0. The molecule has 4 N–H and O–H groups in total. The molecule has 12 nitrogen and oxygen atoms in total. The minimum absolute atomic E-state index is 0.381. The molecule has 0 radical (unpaired) electrons. The van der Waals surface area contributed by atoms with Gasteiger partial charge in [-0.05, 0) is 0 Å². The first-order valence-corrected chi connectivity index (χ1v) is 8.78. The quantitative estimate of drug-likeness (QED) is 0.455.